The van der Waals surface area contributed by atoms with Gasteiger partial charge in [-0.1, -0.05) is 109 Å². The van der Waals surface area contributed by atoms with Crippen molar-refractivity contribution in [3.05, 3.63) is 144 Å². The van der Waals surface area contributed by atoms with Crippen LogP contribution in [0.25, 0.3) is 10.8 Å². The molecule has 5 aromatic carbocycles. The van der Waals surface area contributed by atoms with Crippen molar-refractivity contribution < 1.29 is 9.53 Å². The molecule has 182 valence electrons. The maximum atomic E-state index is 14.5. The fourth-order valence-corrected chi connectivity index (χ4v) is 6.99. The van der Waals surface area contributed by atoms with Crippen LogP contribution < -0.4 is 4.74 Å². The number of likely N-dealkylation sites (tertiary alicyclic amines) is 1. The minimum absolute atomic E-state index is 0.120. The van der Waals surface area contributed by atoms with Crippen molar-refractivity contribution in [1.29, 1.82) is 0 Å². The molecule has 0 bridgehead atoms. The van der Waals surface area contributed by atoms with E-state index in [1.165, 1.54) is 0 Å². The lowest BCUT2D eigenvalue weighted by atomic mass is 9.75. The number of thioether (sulfide) groups is 1. The average Bonchev–Trinajstić information content (AvgIpc) is 2.97. The van der Waals surface area contributed by atoms with Gasteiger partial charge in [-0.25, -0.2) is 0 Å². The lowest BCUT2D eigenvalue weighted by molar-refractivity contribution is -0.154. The van der Waals surface area contributed by atoms with Gasteiger partial charge in [-0.15, -0.1) is 11.8 Å². The fourth-order valence-electron chi connectivity index (χ4n) is 5.46. The number of methoxy groups -OCH3 is 1. The van der Waals surface area contributed by atoms with Crippen LogP contribution in [0.3, 0.4) is 0 Å². The molecule has 0 saturated carbocycles. The summed E-state index contributed by atoms with van der Waals surface area (Å²) in [5.41, 5.74) is 3.26. The minimum Gasteiger partial charge on any atom is -0.496 e. The maximum absolute atomic E-state index is 14.5. The Hall–Kier alpha value is -4.02. The second kappa shape index (κ2) is 9.79. The van der Waals surface area contributed by atoms with Crippen LogP contribution in [0.1, 0.15) is 22.7 Å². The fraction of sp³-hybridized carbons (Fsp3) is 0.121. The predicted octanol–water partition coefficient (Wildman–Crippen LogP) is 7.62. The van der Waals surface area contributed by atoms with Crippen molar-refractivity contribution in [1.82, 2.24) is 4.90 Å². The Morgan fingerprint density at radius 3 is 2.00 bits per heavy atom. The standard InChI is InChI=1S/C33H27NO2S/c1-36-30-22-21-29(27-19-11-12-20-28(27)30)33(37-26-17-9-4-10-18-26)31(25-15-7-3-8-16-25)34(32(33)35)23-24-13-5-2-6-14-24/h2-22,31H,23H2,1H3/t31-,33-/m1/s1. The largest absolute Gasteiger partial charge is 0.496 e. The van der Waals surface area contributed by atoms with E-state index in [2.05, 4.69) is 66.7 Å². The van der Waals surface area contributed by atoms with Gasteiger partial charge >= 0.3 is 0 Å². The number of ether oxygens (including phenoxy) is 1. The van der Waals surface area contributed by atoms with E-state index in [0.29, 0.717) is 6.54 Å². The molecule has 37 heavy (non-hydrogen) atoms. The zero-order valence-electron chi connectivity index (χ0n) is 20.6. The van der Waals surface area contributed by atoms with E-state index in [-0.39, 0.29) is 11.9 Å². The van der Waals surface area contributed by atoms with E-state index >= 15 is 0 Å². The Balaban J connectivity index is 1.59. The summed E-state index contributed by atoms with van der Waals surface area (Å²) >= 11 is 1.65. The quantitative estimate of drug-likeness (QED) is 0.215. The molecular formula is C33H27NO2S. The molecule has 1 fully saturated rings. The van der Waals surface area contributed by atoms with Crippen LogP contribution in [-0.4, -0.2) is 17.9 Å². The molecule has 1 aliphatic heterocycles. The number of benzene rings is 5. The molecule has 0 aliphatic carbocycles. The molecule has 4 heteroatoms. The van der Waals surface area contributed by atoms with Gasteiger partial charge in [-0.2, -0.15) is 0 Å². The first-order valence-corrected chi connectivity index (χ1v) is 13.2. The first kappa shape index (κ1) is 23.4. The molecule has 1 amide bonds. The SMILES string of the molecule is COc1ccc([C@]2(Sc3ccccc3)C(=O)N(Cc3ccccc3)[C@@H]2c2ccccc2)c2ccccc12. The highest BCUT2D eigenvalue weighted by Gasteiger charge is 2.63. The van der Waals surface area contributed by atoms with E-state index in [9.17, 15) is 4.79 Å². The number of hydrogen-bond acceptors (Lipinski definition) is 3. The molecule has 1 aliphatic rings. The monoisotopic (exact) mass is 501 g/mol. The van der Waals surface area contributed by atoms with Crippen LogP contribution in [0.2, 0.25) is 0 Å². The molecule has 5 aromatic rings. The number of amides is 1. The predicted molar refractivity (Wildman–Crippen MR) is 151 cm³/mol. The summed E-state index contributed by atoms with van der Waals surface area (Å²) in [5.74, 6) is 0.928. The third-order valence-corrected chi connectivity index (χ3v) is 8.56. The highest BCUT2D eigenvalue weighted by Crippen LogP contribution is 2.62. The molecule has 0 N–H and O–H groups in total. The van der Waals surface area contributed by atoms with Gasteiger partial charge in [0.05, 0.1) is 13.2 Å². The Labute approximate surface area is 221 Å². The van der Waals surface area contributed by atoms with Crippen molar-refractivity contribution in [2.45, 2.75) is 22.2 Å². The van der Waals surface area contributed by atoms with Gasteiger partial charge in [0.25, 0.3) is 0 Å². The summed E-state index contributed by atoms with van der Waals surface area (Å²) in [6.45, 7) is 0.560. The van der Waals surface area contributed by atoms with Crippen LogP contribution in [0, 0.1) is 0 Å². The van der Waals surface area contributed by atoms with E-state index in [1.807, 2.05) is 65.6 Å². The number of carbonyl (C=O) groups excluding carboxylic acids is 1. The van der Waals surface area contributed by atoms with E-state index in [1.54, 1.807) is 18.9 Å². The molecule has 3 nitrogen and oxygen atoms in total. The molecule has 6 rings (SSSR count). The molecule has 0 unspecified atom stereocenters. The third-order valence-electron chi connectivity index (χ3n) is 7.11. The van der Waals surface area contributed by atoms with Gasteiger partial charge in [0.2, 0.25) is 5.91 Å². The first-order chi connectivity index (χ1) is 18.2. The van der Waals surface area contributed by atoms with Crippen LogP contribution in [0.4, 0.5) is 0 Å². The summed E-state index contributed by atoms with van der Waals surface area (Å²) in [4.78, 5) is 17.6. The zero-order valence-corrected chi connectivity index (χ0v) is 21.4. The minimum atomic E-state index is -0.830. The van der Waals surface area contributed by atoms with Gasteiger partial charge in [0.15, 0.2) is 0 Å². The van der Waals surface area contributed by atoms with Crippen LogP contribution >= 0.6 is 11.8 Å². The maximum Gasteiger partial charge on any atom is 0.247 e. The van der Waals surface area contributed by atoms with E-state index in [4.69, 9.17) is 4.74 Å². The third kappa shape index (κ3) is 3.98. The van der Waals surface area contributed by atoms with Crippen LogP contribution in [0.15, 0.2) is 132 Å². The number of fused-ring (bicyclic) bond motifs is 1. The lowest BCUT2D eigenvalue weighted by Gasteiger charge is -2.56. The van der Waals surface area contributed by atoms with Crippen molar-refractivity contribution in [3.8, 4) is 5.75 Å². The number of nitrogens with zero attached hydrogens (tertiary/aromatic N) is 1. The van der Waals surface area contributed by atoms with Crippen molar-refractivity contribution in [3.63, 3.8) is 0 Å². The Bertz CT molecular complexity index is 1540. The van der Waals surface area contributed by atoms with Crippen molar-refractivity contribution >= 4 is 28.4 Å². The smallest absolute Gasteiger partial charge is 0.247 e. The van der Waals surface area contributed by atoms with E-state index < -0.39 is 4.75 Å². The molecular weight excluding hydrogens is 474 g/mol. The Kier molecular flexibility index (Phi) is 6.19. The topological polar surface area (TPSA) is 29.5 Å². The first-order valence-electron chi connectivity index (χ1n) is 12.4. The Morgan fingerprint density at radius 1 is 0.730 bits per heavy atom. The summed E-state index contributed by atoms with van der Waals surface area (Å²) in [5, 5.41) is 2.05. The number of rotatable bonds is 7. The second-order valence-electron chi connectivity index (χ2n) is 9.24. The molecule has 1 heterocycles. The van der Waals surface area contributed by atoms with Crippen molar-refractivity contribution in [2.24, 2.45) is 0 Å². The van der Waals surface area contributed by atoms with Gasteiger partial charge in [-0.05, 0) is 40.3 Å². The summed E-state index contributed by atoms with van der Waals surface area (Å²) < 4.78 is 4.87. The Morgan fingerprint density at radius 2 is 1.32 bits per heavy atom. The number of β-lactam (4-membered cyclic amide) rings is 1. The zero-order chi connectivity index (χ0) is 25.2. The molecule has 0 spiro atoms. The van der Waals surface area contributed by atoms with Gasteiger partial charge in [0.1, 0.15) is 10.5 Å². The van der Waals surface area contributed by atoms with Gasteiger partial charge in [0, 0.05) is 16.8 Å². The molecule has 2 atom stereocenters. The molecule has 0 aromatic heterocycles. The number of carbonyl (C=O) groups is 1. The normalized spacial score (nSPS) is 19.0. The lowest BCUT2D eigenvalue weighted by Crippen LogP contribution is -2.64. The van der Waals surface area contributed by atoms with Crippen molar-refractivity contribution in [2.75, 3.05) is 7.11 Å². The molecule has 0 radical (unpaired) electrons. The van der Waals surface area contributed by atoms with Crippen LogP contribution in [-0.2, 0) is 16.1 Å². The van der Waals surface area contributed by atoms with E-state index in [0.717, 1.165) is 38.1 Å². The van der Waals surface area contributed by atoms with Gasteiger partial charge < -0.3 is 9.64 Å². The second-order valence-corrected chi connectivity index (χ2v) is 10.6. The molecule has 1 saturated heterocycles. The average molecular weight is 502 g/mol. The summed E-state index contributed by atoms with van der Waals surface area (Å²) in [6.07, 6.45) is 0. The summed E-state index contributed by atoms with van der Waals surface area (Å²) in [7, 11) is 1.69. The van der Waals surface area contributed by atoms with Gasteiger partial charge in [-0.3, -0.25) is 4.79 Å². The summed E-state index contributed by atoms with van der Waals surface area (Å²) in [6, 6.07) is 43.1. The highest BCUT2D eigenvalue weighted by molar-refractivity contribution is 8.01. The highest BCUT2D eigenvalue weighted by atomic mass is 32.2. The van der Waals surface area contributed by atoms with Crippen LogP contribution in [0.5, 0.6) is 5.75 Å². The number of hydrogen-bond donors (Lipinski definition) is 0.